The first-order valence-corrected chi connectivity index (χ1v) is 16.4. The summed E-state index contributed by atoms with van der Waals surface area (Å²) in [6.45, 7) is 3.13. The quantitative estimate of drug-likeness (QED) is 0.160. The van der Waals surface area contributed by atoms with Gasteiger partial charge in [-0.1, -0.05) is 121 Å². The van der Waals surface area contributed by atoms with Crippen LogP contribution in [0.15, 0.2) is 146 Å². The van der Waals surface area contributed by atoms with E-state index in [0.717, 1.165) is 78.2 Å². The van der Waals surface area contributed by atoms with Gasteiger partial charge in [-0.2, -0.15) is 0 Å². The molecular formula is C44H30N4O2. The van der Waals surface area contributed by atoms with Crippen LogP contribution in [0.5, 0.6) is 0 Å². The van der Waals surface area contributed by atoms with Gasteiger partial charge in [0.15, 0.2) is 11.6 Å². The highest BCUT2D eigenvalue weighted by Gasteiger charge is 2.17. The Morgan fingerprint density at radius 2 is 0.640 bits per heavy atom. The normalized spacial score (nSPS) is 11.2. The number of hydrogen-bond acceptors (Lipinski definition) is 6. The maximum absolute atomic E-state index is 12.0. The van der Waals surface area contributed by atoms with Gasteiger partial charge >= 0.3 is 0 Å². The van der Waals surface area contributed by atoms with Crippen LogP contribution in [0.4, 0.5) is 0 Å². The summed E-state index contributed by atoms with van der Waals surface area (Å²) in [5.41, 5.74) is 13.1. The van der Waals surface area contributed by atoms with E-state index in [0.29, 0.717) is 11.1 Å². The number of benzene rings is 6. The average Bonchev–Trinajstić information content (AvgIpc) is 3.17. The SMILES string of the molecule is CC(=O)c1ccc(-c2nc3ccc(-c4ccc5nc(-c6ccccc6)c(-c6ccc(C(C)=O)cc6)nc5c4)cc3nc2-c2ccccc2)cc1. The lowest BCUT2D eigenvalue weighted by Crippen LogP contribution is -1.98. The number of nitrogens with zero attached hydrogens (tertiary/aromatic N) is 4. The Hall–Kier alpha value is -6.66. The van der Waals surface area contributed by atoms with Gasteiger partial charge in [0, 0.05) is 33.4 Å². The van der Waals surface area contributed by atoms with Crippen molar-refractivity contribution in [3.05, 3.63) is 157 Å². The number of fused-ring (bicyclic) bond motifs is 2. The molecule has 0 unspecified atom stereocenters. The second-order valence-electron chi connectivity index (χ2n) is 12.2. The Bertz CT molecular complexity index is 2560. The van der Waals surface area contributed by atoms with Crippen LogP contribution in [-0.2, 0) is 0 Å². The van der Waals surface area contributed by atoms with Gasteiger partial charge in [-0.05, 0) is 49.2 Å². The van der Waals surface area contributed by atoms with Crippen LogP contribution in [0.25, 0.3) is 78.2 Å². The van der Waals surface area contributed by atoms with Crippen molar-refractivity contribution in [1.82, 2.24) is 19.9 Å². The molecule has 8 aromatic rings. The minimum Gasteiger partial charge on any atom is -0.295 e. The second-order valence-corrected chi connectivity index (χ2v) is 12.2. The fraction of sp³-hybridized carbons (Fsp3) is 0.0455. The standard InChI is InChI=1S/C44H30N4O2/c1-27(49)29-13-17-33(18-14-29)43-42(32-11-7-4-8-12-32)47-39-25-35(22-24-38(39)46-43)36-21-23-37-40(26-36)48-44(34-19-15-30(16-20-34)28(2)50)41(45-37)31-9-5-3-6-10-31/h3-26H,1-2H3. The average molecular weight is 647 g/mol. The van der Waals surface area contributed by atoms with Crippen molar-refractivity contribution in [2.24, 2.45) is 0 Å². The second kappa shape index (κ2) is 12.7. The van der Waals surface area contributed by atoms with E-state index in [1.54, 1.807) is 13.8 Å². The minimum atomic E-state index is 0.0181. The van der Waals surface area contributed by atoms with Crippen LogP contribution in [0.3, 0.4) is 0 Å². The molecule has 0 spiro atoms. The van der Waals surface area contributed by atoms with E-state index in [1.165, 1.54) is 0 Å². The van der Waals surface area contributed by atoms with Gasteiger partial charge in [0.2, 0.25) is 0 Å². The molecule has 238 valence electrons. The predicted octanol–water partition coefficient (Wildman–Crippen LogP) is 10.3. The lowest BCUT2D eigenvalue weighted by molar-refractivity contribution is 0.100. The smallest absolute Gasteiger partial charge is 0.159 e. The predicted molar refractivity (Wildman–Crippen MR) is 200 cm³/mol. The molecule has 0 aliphatic heterocycles. The first-order chi connectivity index (χ1) is 24.4. The van der Waals surface area contributed by atoms with Crippen molar-refractivity contribution in [3.8, 4) is 56.2 Å². The molecule has 2 heterocycles. The molecule has 6 aromatic carbocycles. The summed E-state index contributed by atoms with van der Waals surface area (Å²) >= 11 is 0. The number of rotatable bonds is 7. The van der Waals surface area contributed by atoms with Crippen molar-refractivity contribution < 1.29 is 9.59 Å². The molecule has 0 bridgehead atoms. The van der Waals surface area contributed by atoms with Gasteiger partial charge in [-0.25, -0.2) is 19.9 Å². The van der Waals surface area contributed by atoms with Crippen LogP contribution >= 0.6 is 0 Å². The lowest BCUT2D eigenvalue weighted by atomic mass is 10.00. The van der Waals surface area contributed by atoms with Crippen molar-refractivity contribution in [1.29, 1.82) is 0 Å². The first kappa shape index (κ1) is 30.7. The zero-order valence-electron chi connectivity index (χ0n) is 27.5. The van der Waals surface area contributed by atoms with Crippen molar-refractivity contribution >= 4 is 33.6 Å². The summed E-state index contributed by atoms with van der Waals surface area (Å²) in [6, 6.07) is 47.3. The van der Waals surface area contributed by atoms with E-state index in [9.17, 15) is 9.59 Å². The highest BCUT2D eigenvalue weighted by atomic mass is 16.1. The molecule has 0 aliphatic rings. The maximum Gasteiger partial charge on any atom is 0.159 e. The monoisotopic (exact) mass is 646 g/mol. The van der Waals surface area contributed by atoms with E-state index >= 15 is 0 Å². The fourth-order valence-corrected chi connectivity index (χ4v) is 6.19. The van der Waals surface area contributed by atoms with E-state index in [2.05, 4.69) is 24.3 Å². The number of carbonyl (C=O) groups is 2. The molecule has 0 saturated carbocycles. The van der Waals surface area contributed by atoms with E-state index in [4.69, 9.17) is 19.9 Å². The van der Waals surface area contributed by atoms with E-state index in [-0.39, 0.29) is 11.6 Å². The molecule has 0 atom stereocenters. The van der Waals surface area contributed by atoms with Crippen LogP contribution in [0.2, 0.25) is 0 Å². The summed E-state index contributed by atoms with van der Waals surface area (Å²) in [5.74, 6) is 0.0392. The molecule has 6 nitrogen and oxygen atoms in total. The Kier molecular flexibility index (Phi) is 7.82. The Morgan fingerprint density at radius 3 is 0.980 bits per heavy atom. The van der Waals surface area contributed by atoms with Crippen LogP contribution in [0.1, 0.15) is 34.6 Å². The van der Waals surface area contributed by atoms with Crippen LogP contribution in [-0.4, -0.2) is 31.5 Å². The first-order valence-electron chi connectivity index (χ1n) is 16.4. The van der Waals surface area contributed by atoms with Crippen LogP contribution in [0, 0.1) is 0 Å². The summed E-state index contributed by atoms with van der Waals surface area (Å²) in [7, 11) is 0. The summed E-state index contributed by atoms with van der Waals surface area (Å²) in [4.78, 5) is 44.4. The minimum absolute atomic E-state index is 0.0181. The van der Waals surface area contributed by atoms with Gasteiger partial charge in [0.05, 0.1) is 44.8 Å². The Labute approximate surface area is 289 Å². The third-order valence-corrected chi connectivity index (χ3v) is 8.89. The van der Waals surface area contributed by atoms with Gasteiger partial charge in [0.25, 0.3) is 0 Å². The molecule has 0 fully saturated rings. The van der Waals surface area contributed by atoms with Crippen molar-refractivity contribution in [3.63, 3.8) is 0 Å². The van der Waals surface area contributed by atoms with Gasteiger partial charge in [0.1, 0.15) is 0 Å². The molecule has 50 heavy (non-hydrogen) atoms. The third kappa shape index (κ3) is 5.84. The third-order valence-electron chi connectivity index (χ3n) is 8.89. The highest BCUT2D eigenvalue weighted by molar-refractivity contribution is 5.96. The number of Topliss-reactive ketones (excluding diaryl/α,β-unsaturated/α-hetero) is 2. The number of hydrogen-bond donors (Lipinski definition) is 0. The lowest BCUT2D eigenvalue weighted by Gasteiger charge is -2.13. The fourth-order valence-electron chi connectivity index (χ4n) is 6.19. The van der Waals surface area contributed by atoms with Gasteiger partial charge in [-0.3, -0.25) is 9.59 Å². The van der Waals surface area contributed by atoms with E-state index < -0.39 is 0 Å². The summed E-state index contributed by atoms with van der Waals surface area (Å²) in [6.07, 6.45) is 0. The largest absolute Gasteiger partial charge is 0.295 e. The van der Waals surface area contributed by atoms with Crippen molar-refractivity contribution in [2.45, 2.75) is 13.8 Å². The molecule has 0 saturated heterocycles. The molecule has 8 rings (SSSR count). The van der Waals surface area contributed by atoms with Crippen LogP contribution < -0.4 is 0 Å². The zero-order chi connectivity index (χ0) is 34.2. The molecule has 0 amide bonds. The Balaban J connectivity index is 1.25. The number of ketones is 2. The van der Waals surface area contributed by atoms with Gasteiger partial charge < -0.3 is 0 Å². The molecule has 0 N–H and O–H groups in total. The highest BCUT2D eigenvalue weighted by Crippen LogP contribution is 2.35. The molecule has 0 aliphatic carbocycles. The zero-order valence-corrected chi connectivity index (χ0v) is 27.5. The number of aromatic nitrogens is 4. The van der Waals surface area contributed by atoms with E-state index in [1.807, 2.05) is 121 Å². The Morgan fingerprint density at radius 1 is 0.340 bits per heavy atom. The topological polar surface area (TPSA) is 85.7 Å². The maximum atomic E-state index is 12.0. The number of carbonyl (C=O) groups excluding carboxylic acids is 2. The molecule has 6 heteroatoms. The summed E-state index contributed by atoms with van der Waals surface area (Å²) < 4.78 is 0. The molecule has 0 radical (unpaired) electrons. The van der Waals surface area contributed by atoms with Crippen molar-refractivity contribution in [2.75, 3.05) is 0 Å². The molecular weight excluding hydrogens is 617 g/mol. The summed E-state index contributed by atoms with van der Waals surface area (Å²) in [5, 5.41) is 0. The van der Waals surface area contributed by atoms with Gasteiger partial charge in [-0.15, -0.1) is 0 Å². The molecule has 2 aromatic heterocycles.